The summed E-state index contributed by atoms with van der Waals surface area (Å²) in [4.78, 5) is 14.9. The molecule has 210 valence electrons. The van der Waals surface area contributed by atoms with Crippen LogP contribution in [0.1, 0.15) is 13.8 Å². The number of thiazole rings is 1. The number of hydrogen-bond acceptors (Lipinski definition) is 9. The minimum atomic E-state index is -4.80. The second-order valence-corrected chi connectivity index (χ2v) is 11.8. The van der Waals surface area contributed by atoms with E-state index in [2.05, 4.69) is 15.3 Å². The minimum absolute atomic E-state index is 0.0167. The van der Waals surface area contributed by atoms with Crippen LogP contribution in [0, 0.1) is 17.5 Å². The fraction of sp³-hybridized carbons (Fsp3) is 0.269. The van der Waals surface area contributed by atoms with Gasteiger partial charge in [0.2, 0.25) is 5.95 Å². The topological polar surface area (TPSA) is 109 Å². The highest BCUT2D eigenvalue weighted by molar-refractivity contribution is 7.92. The fourth-order valence-corrected chi connectivity index (χ4v) is 6.40. The Morgan fingerprint density at radius 3 is 2.40 bits per heavy atom. The van der Waals surface area contributed by atoms with Crippen molar-refractivity contribution in [3.05, 3.63) is 66.1 Å². The van der Waals surface area contributed by atoms with E-state index in [4.69, 9.17) is 9.72 Å². The Morgan fingerprint density at radius 1 is 1.00 bits per heavy atom. The smallest absolute Gasteiger partial charge is 0.267 e. The predicted molar refractivity (Wildman–Crippen MR) is 147 cm³/mol. The zero-order chi connectivity index (χ0) is 28.4. The van der Waals surface area contributed by atoms with E-state index in [9.17, 15) is 17.2 Å². The second-order valence-electron chi connectivity index (χ2n) is 9.16. The summed E-state index contributed by atoms with van der Waals surface area (Å²) < 4.78 is 77.6. The van der Waals surface area contributed by atoms with Crippen LogP contribution >= 0.6 is 11.3 Å². The molecule has 14 heteroatoms. The maximum absolute atomic E-state index is 16.0. The maximum atomic E-state index is 16.0. The van der Waals surface area contributed by atoms with E-state index in [1.165, 1.54) is 29.5 Å². The summed E-state index contributed by atoms with van der Waals surface area (Å²) in [5, 5.41) is 3.75. The molecule has 1 fully saturated rings. The van der Waals surface area contributed by atoms with E-state index in [1.54, 1.807) is 12.3 Å². The van der Waals surface area contributed by atoms with E-state index in [0.717, 1.165) is 18.2 Å². The molecule has 1 aliphatic rings. The van der Waals surface area contributed by atoms with Crippen LogP contribution in [0.25, 0.3) is 21.8 Å². The quantitative estimate of drug-likeness (QED) is 0.290. The summed E-state index contributed by atoms with van der Waals surface area (Å²) in [6.07, 6.45) is 1.58. The third-order valence-electron chi connectivity index (χ3n) is 5.89. The van der Waals surface area contributed by atoms with Crippen LogP contribution in [0.15, 0.2) is 53.6 Å². The van der Waals surface area contributed by atoms with Crippen molar-refractivity contribution in [2.45, 2.75) is 24.8 Å². The molecule has 4 aromatic rings. The predicted octanol–water partition coefficient (Wildman–Crippen LogP) is 5.14. The summed E-state index contributed by atoms with van der Waals surface area (Å²) in [5.74, 6) is -3.17. The lowest BCUT2D eigenvalue weighted by Gasteiger charge is -2.26. The van der Waals surface area contributed by atoms with Crippen LogP contribution in [0.5, 0.6) is 0 Å². The highest BCUT2D eigenvalue weighted by Crippen LogP contribution is 2.42. The second kappa shape index (κ2) is 11.4. The Morgan fingerprint density at radius 2 is 1.70 bits per heavy atom. The average molecular weight is 591 g/mol. The monoisotopic (exact) mass is 590 g/mol. The molecule has 0 radical (unpaired) electrons. The van der Waals surface area contributed by atoms with Crippen LogP contribution in [0.4, 0.5) is 29.9 Å². The Labute approximate surface area is 233 Å². The van der Waals surface area contributed by atoms with Crippen molar-refractivity contribution in [3.63, 3.8) is 0 Å². The van der Waals surface area contributed by atoms with E-state index in [0.29, 0.717) is 48.0 Å². The zero-order valence-corrected chi connectivity index (χ0v) is 23.1. The lowest BCUT2D eigenvalue weighted by molar-refractivity contribution is 0.122. The Balaban J connectivity index is 1.60. The third kappa shape index (κ3) is 5.74. The lowest BCUT2D eigenvalue weighted by atomic mass is 10.1. The Kier molecular flexibility index (Phi) is 7.92. The first-order valence-corrected chi connectivity index (χ1v) is 14.6. The minimum Gasteiger partial charge on any atom is -0.378 e. The van der Waals surface area contributed by atoms with E-state index in [1.807, 2.05) is 23.5 Å². The largest absolute Gasteiger partial charge is 0.378 e. The van der Waals surface area contributed by atoms with E-state index >= 15 is 4.39 Å². The van der Waals surface area contributed by atoms with Crippen molar-refractivity contribution in [3.8, 4) is 21.8 Å². The standard InChI is InChI=1S/C26H25F3N6O3S2/c1-15(2)31-25-30-10-9-20(32-25)23-22(33-26(39-23)35-11-13-38-14-12-35)16-5-3-8-19(21(16)29)34-40(36,37)24-17(27)6-4-7-18(24)28/h3-10,15,34H,11-14H2,1-2H3,(H,30,31,32). The molecule has 5 rings (SSSR count). The van der Waals surface area contributed by atoms with Gasteiger partial charge in [-0.3, -0.25) is 4.72 Å². The summed E-state index contributed by atoms with van der Waals surface area (Å²) >= 11 is 1.31. The molecule has 2 N–H and O–H groups in total. The number of sulfonamides is 1. The number of ether oxygens (including phenoxy) is 1. The third-order valence-corrected chi connectivity index (χ3v) is 8.44. The number of rotatable bonds is 8. The van der Waals surface area contributed by atoms with Gasteiger partial charge in [0.25, 0.3) is 10.0 Å². The highest BCUT2D eigenvalue weighted by atomic mass is 32.2. The first-order chi connectivity index (χ1) is 19.1. The number of anilines is 3. The number of morpholine rings is 1. The van der Waals surface area contributed by atoms with Crippen LogP contribution in [0.2, 0.25) is 0 Å². The zero-order valence-electron chi connectivity index (χ0n) is 21.5. The van der Waals surface area contributed by atoms with Crippen molar-refractivity contribution >= 4 is 38.1 Å². The molecule has 0 spiro atoms. The van der Waals surface area contributed by atoms with Crippen LogP contribution in [-0.4, -0.2) is 55.7 Å². The van der Waals surface area contributed by atoms with Crippen molar-refractivity contribution in [2.24, 2.45) is 0 Å². The summed E-state index contributed by atoms with van der Waals surface area (Å²) in [7, 11) is -4.80. The molecule has 1 saturated heterocycles. The van der Waals surface area contributed by atoms with Gasteiger partial charge in [0.1, 0.15) is 11.6 Å². The van der Waals surface area contributed by atoms with Gasteiger partial charge in [0.15, 0.2) is 15.8 Å². The first-order valence-electron chi connectivity index (χ1n) is 12.3. The summed E-state index contributed by atoms with van der Waals surface area (Å²) in [5.41, 5.74) is 0.217. The van der Waals surface area contributed by atoms with Crippen LogP contribution in [0.3, 0.4) is 0 Å². The van der Waals surface area contributed by atoms with E-state index < -0.39 is 38.1 Å². The van der Waals surface area contributed by atoms with Gasteiger partial charge in [-0.05, 0) is 44.2 Å². The number of hydrogen-bond donors (Lipinski definition) is 2. The van der Waals surface area contributed by atoms with Crippen molar-refractivity contribution in [1.82, 2.24) is 15.0 Å². The highest BCUT2D eigenvalue weighted by Gasteiger charge is 2.28. The fourth-order valence-electron chi connectivity index (χ4n) is 4.10. The molecule has 9 nitrogen and oxygen atoms in total. The molecular formula is C26H25F3N6O3S2. The Bertz CT molecular complexity index is 1620. The molecular weight excluding hydrogens is 565 g/mol. The maximum Gasteiger partial charge on any atom is 0.267 e. The number of nitrogens with one attached hydrogen (secondary N) is 2. The van der Waals surface area contributed by atoms with Gasteiger partial charge in [-0.15, -0.1) is 0 Å². The molecule has 0 atom stereocenters. The molecule has 3 heterocycles. The molecule has 0 saturated carbocycles. The van der Waals surface area contributed by atoms with Gasteiger partial charge in [0, 0.05) is 30.9 Å². The normalized spacial score (nSPS) is 14.0. The van der Waals surface area contributed by atoms with Gasteiger partial charge < -0.3 is 15.0 Å². The van der Waals surface area contributed by atoms with Crippen molar-refractivity contribution in [2.75, 3.05) is 41.2 Å². The van der Waals surface area contributed by atoms with E-state index in [-0.39, 0.29) is 17.3 Å². The molecule has 2 aromatic carbocycles. The van der Waals surface area contributed by atoms with Gasteiger partial charge in [-0.1, -0.05) is 23.5 Å². The first kappa shape index (κ1) is 27.8. The molecule has 1 aliphatic heterocycles. The molecule has 0 unspecified atom stereocenters. The molecule has 40 heavy (non-hydrogen) atoms. The molecule has 2 aromatic heterocycles. The summed E-state index contributed by atoms with van der Waals surface area (Å²) in [6.45, 7) is 6.09. The molecule has 0 amide bonds. The Hall–Kier alpha value is -3.75. The number of benzene rings is 2. The van der Waals surface area contributed by atoms with Crippen molar-refractivity contribution < 1.29 is 26.3 Å². The van der Waals surface area contributed by atoms with Crippen LogP contribution < -0.4 is 14.9 Å². The average Bonchev–Trinajstić information content (AvgIpc) is 3.35. The van der Waals surface area contributed by atoms with Gasteiger partial charge in [0.05, 0.1) is 35.2 Å². The number of nitrogens with zero attached hydrogens (tertiary/aromatic N) is 4. The van der Waals surface area contributed by atoms with Crippen molar-refractivity contribution in [1.29, 1.82) is 0 Å². The SMILES string of the molecule is CC(C)Nc1nccc(-c2sc(N3CCOCC3)nc2-c2cccc(NS(=O)(=O)c3c(F)cccc3F)c2F)n1. The van der Waals surface area contributed by atoms with Crippen LogP contribution in [-0.2, 0) is 14.8 Å². The van der Waals surface area contributed by atoms with Gasteiger partial charge in [-0.2, -0.15) is 0 Å². The van der Waals surface area contributed by atoms with Gasteiger partial charge >= 0.3 is 0 Å². The number of halogens is 3. The lowest BCUT2D eigenvalue weighted by Crippen LogP contribution is -2.36. The molecule has 0 aliphatic carbocycles. The summed E-state index contributed by atoms with van der Waals surface area (Å²) in [6, 6.07) is 8.45. The number of aromatic nitrogens is 3. The van der Waals surface area contributed by atoms with Gasteiger partial charge in [-0.25, -0.2) is 36.5 Å². The molecule has 0 bridgehead atoms.